The van der Waals surface area contributed by atoms with Crippen LogP contribution in [0.1, 0.15) is 25.2 Å². The molecule has 4 nitrogen and oxygen atoms in total. The molecule has 0 bridgehead atoms. The van der Waals surface area contributed by atoms with Gasteiger partial charge < -0.3 is 10.5 Å². The van der Waals surface area contributed by atoms with Crippen molar-refractivity contribution in [2.45, 2.75) is 33.4 Å². The standard InChI is InChI=1S/C9H17N3O/c1-4-7-9(10)8(5-2)12(11-7)6-13-3/h4-6,10H2,1-3H3. The molecule has 1 heterocycles. The molecule has 0 amide bonds. The first kappa shape index (κ1) is 10.1. The first-order valence-electron chi connectivity index (χ1n) is 4.57. The van der Waals surface area contributed by atoms with E-state index in [0.29, 0.717) is 6.73 Å². The summed E-state index contributed by atoms with van der Waals surface area (Å²) in [6.07, 6.45) is 1.76. The minimum Gasteiger partial charge on any atom is -0.396 e. The van der Waals surface area contributed by atoms with Crippen LogP contribution in [0.15, 0.2) is 0 Å². The molecule has 13 heavy (non-hydrogen) atoms. The smallest absolute Gasteiger partial charge is 0.139 e. The van der Waals surface area contributed by atoms with E-state index in [9.17, 15) is 0 Å². The highest BCUT2D eigenvalue weighted by molar-refractivity contribution is 5.48. The van der Waals surface area contributed by atoms with Crippen LogP contribution < -0.4 is 5.73 Å². The molecule has 1 rings (SSSR count). The Morgan fingerprint density at radius 1 is 1.38 bits per heavy atom. The lowest BCUT2D eigenvalue weighted by Crippen LogP contribution is -2.06. The molecular formula is C9H17N3O. The Morgan fingerprint density at radius 2 is 2.08 bits per heavy atom. The van der Waals surface area contributed by atoms with E-state index in [4.69, 9.17) is 10.5 Å². The van der Waals surface area contributed by atoms with Crippen molar-refractivity contribution in [3.63, 3.8) is 0 Å². The number of nitrogens with two attached hydrogens (primary N) is 1. The van der Waals surface area contributed by atoms with Crippen LogP contribution in [0.4, 0.5) is 5.69 Å². The molecule has 0 aliphatic carbocycles. The Kier molecular flexibility index (Phi) is 3.31. The molecule has 0 aliphatic heterocycles. The van der Waals surface area contributed by atoms with E-state index in [1.807, 2.05) is 4.68 Å². The molecule has 0 aliphatic rings. The number of nitrogens with zero attached hydrogens (tertiary/aromatic N) is 2. The van der Waals surface area contributed by atoms with Gasteiger partial charge in [-0.05, 0) is 12.8 Å². The monoisotopic (exact) mass is 183 g/mol. The third-order valence-electron chi connectivity index (χ3n) is 2.10. The van der Waals surface area contributed by atoms with E-state index in [0.717, 1.165) is 29.9 Å². The summed E-state index contributed by atoms with van der Waals surface area (Å²) in [6, 6.07) is 0. The van der Waals surface area contributed by atoms with E-state index in [2.05, 4.69) is 18.9 Å². The Hall–Kier alpha value is -1.03. The van der Waals surface area contributed by atoms with Crippen LogP contribution >= 0.6 is 0 Å². The zero-order valence-corrected chi connectivity index (χ0v) is 8.50. The van der Waals surface area contributed by atoms with Gasteiger partial charge in [-0.25, -0.2) is 4.68 Å². The van der Waals surface area contributed by atoms with E-state index >= 15 is 0 Å². The first-order valence-corrected chi connectivity index (χ1v) is 4.57. The van der Waals surface area contributed by atoms with Gasteiger partial charge >= 0.3 is 0 Å². The summed E-state index contributed by atoms with van der Waals surface area (Å²) in [5, 5.41) is 4.36. The molecule has 0 fully saturated rings. The summed E-state index contributed by atoms with van der Waals surface area (Å²) in [5.41, 5.74) is 8.77. The van der Waals surface area contributed by atoms with Crippen molar-refractivity contribution in [2.75, 3.05) is 12.8 Å². The van der Waals surface area contributed by atoms with Crippen molar-refractivity contribution in [3.8, 4) is 0 Å². The highest BCUT2D eigenvalue weighted by Gasteiger charge is 2.11. The fourth-order valence-corrected chi connectivity index (χ4v) is 1.43. The molecule has 0 unspecified atom stereocenters. The summed E-state index contributed by atoms with van der Waals surface area (Å²) in [4.78, 5) is 0. The van der Waals surface area contributed by atoms with Crippen molar-refractivity contribution in [3.05, 3.63) is 11.4 Å². The Bertz CT molecular complexity index is 281. The predicted octanol–water partition coefficient (Wildman–Crippen LogP) is 1.19. The van der Waals surface area contributed by atoms with Gasteiger partial charge in [-0.2, -0.15) is 5.10 Å². The number of aromatic nitrogens is 2. The van der Waals surface area contributed by atoms with Gasteiger partial charge in [0.15, 0.2) is 0 Å². The van der Waals surface area contributed by atoms with E-state index in [1.54, 1.807) is 7.11 Å². The lowest BCUT2D eigenvalue weighted by molar-refractivity contribution is 0.118. The van der Waals surface area contributed by atoms with Crippen molar-refractivity contribution >= 4 is 5.69 Å². The van der Waals surface area contributed by atoms with Gasteiger partial charge in [0, 0.05) is 7.11 Å². The van der Waals surface area contributed by atoms with E-state index < -0.39 is 0 Å². The van der Waals surface area contributed by atoms with E-state index in [1.165, 1.54) is 0 Å². The molecule has 0 spiro atoms. The van der Waals surface area contributed by atoms with Crippen LogP contribution in [0, 0.1) is 0 Å². The SMILES string of the molecule is CCc1nn(COC)c(CC)c1N. The molecule has 0 radical (unpaired) electrons. The molecule has 74 valence electrons. The average molecular weight is 183 g/mol. The van der Waals surface area contributed by atoms with Crippen LogP contribution in [0.5, 0.6) is 0 Å². The van der Waals surface area contributed by atoms with E-state index in [-0.39, 0.29) is 0 Å². The van der Waals surface area contributed by atoms with Crippen LogP contribution in [-0.2, 0) is 24.3 Å². The lowest BCUT2D eigenvalue weighted by Gasteiger charge is -2.03. The molecule has 0 atom stereocenters. The highest BCUT2D eigenvalue weighted by atomic mass is 16.5. The summed E-state index contributed by atoms with van der Waals surface area (Å²) >= 11 is 0. The number of ether oxygens (including phenoxy) is 1. The fraction of sp³-hybridized carbons (Fsp3) is 0.667. The van der Waals surface area contributed by atoms with Gasteiger partial charge in [0.05, 0.1) is 17.1 Å². The number of aryl methyl sites for hydroxylation is 1. The Balaban J connectivity index is 3.04. The van der Waals surface area contributed by atoms with Crippen molar-refractivity contribution in [1.82, 2.24) is 9.78 Å². The molecule has 1 aromatic rings. The quantitative estimate of drug-likeness (QED) is 0.763. The first-order chi connectivity index (χ1) is 6.24. The van der Waals surface area contributed by atoms with Gasteiger partial charge in [0.1, 0.15) is 6.73 Å². The van der Waals surface area contributed by atoms with Gasteiger partial charge in [-0.15, -0.1) is 0 Å². The number of nitrogen functional groups attached to an aromatic ring is 1. The second-order valence-electron chi connectivity index (χ2n) is 2.93. The molecule has 4 heteroatoms. The van der Waals surface area contributed by atoms with Gasteiger partial charge in [0.2, 0.25) is 0 Å². The third-order valence-corrected chi connectivity index (χ3v) is 2.10. The normalized spacial score (nSPS) is 10.7. The molecule has 1 aromatic heterocycles. The number of rotatable bonds is 4. The third kappa shape index (κ3) is 1.83. The van der Waals surface area contributed by atoms with Crippen LogP contribution in [0.2, 0.25) is 0 Å². The zero-order valence-electron chi connectivity index (χ0n) is 8.50. The topological polar surface area (TPSA) is 53.1 Å². The molecule has 0 saturated carbocycles. The largest absolute Gasteiger partial charge is 0.396 e. The van der Waals surface area contributed by atoms with Crippen molar-refractivity contribution in [1.29, 1.82) is 0 Å². The maximum absolute atomic E-state index is 5.92. The summed E-state index contributed by atoms with van der Waals surface area (Å²) < 4.78 is 6.86. The number of hydrogen-bond donors (Lipinski definition) is 1. The molecule has 0 saturated heterocycles. The minimum absolute atomic E-state index is 0.480. The molecule has 0 aromatic carbocycles. The van der Waals surface area contributed by atoms with Crippen molar-refractivity contribution in [2.24, 2.45) is 0 Å². The lowest BCUT2D eigenvalue weighted by atomic mass is 10.2. The number of methoxy groups -OCH3 is 1. The van der Waals surface area contributed by atoms with Gasteiger partial charge in [0.25, 0.3) is 0 Å². The Morgan fingerprint density at radius 3 is 2.54 bits per heavy atom. The van der Waals surface area contributed by atoms with Crippen molar-refractivity contribution < 1.29 is 4.74 Å². The second-order valence-corrected chi connectivity index (χ2v) is 2.93. The Labute approximate surface area is 78.7 Å². The molecule has 2 N–H and O–H groups in total. The van der Waals surface area contributed by atoms with Crippen LogP contribution in [0.25, 0.3) is 0 Å². The average Bonchev–Trinajstić information content (AvgIpc) is 2.43. The molecular weight excluding hydrogens is 166 g/mol. The minimum atomic E-state index is 0.480. The second kappa shape index (κ2) is 4.28. The van der Waals surface area contributed by atoms with Gasteiger partial charge in [-0.3, -0.25) is 0 Å². The summed E-state index contributed by atoms with van der Waals surface area (Å²) in [5.74, 6) is 0. The summed E-state index contributed by atoms with van der Waals surface area (Å²) in [6.45, 7) is 4.60. The fourth-order valence-electron chi connectivity index (χ4n) is 1.43. The number of anilines is 1. The maximum atomic E-state index is 5.92. The number of hydrogen-bond acceptors (Lipinski definition) is 3. The summed E-state index contributed by atoms with van der Waals surface area (Å²) in [7, 11) is 1.66. The highest BCUT2D eigenvalue weighted by Crippen LogP contribution is 2.18. The van der Waals surface area contributed by atoms with Crippen LogP contribution in [-0.4, -0.2) is 16.9 Å². The zero-order chi connectivity index (χ0) is 9.84. The van der Waals surface area contributed by atoms with Crippen LogP contribution in [0.3, 0.4) is 0 Å². The maximum Gasteiger partial charge on any atom is 0.139 e. The predicted molar refractivity (Wildman–Crippen MR) is 52.4 cm³/mol. The van der Waals surface area contributed by atoms with Gasteiger partial charge in [-0.1, -0.05) is 13.8 Å².